The second-order valence-electron chi connectivity index (χ2n) is 14.1. The molecule has 250 valence electrons. The maximum absolute atomic E-state index is 13.9. The first-order chi connectivity index (χ1) is 22.2. The summed E-state index contributed by atoms with van der Waals surface area (Å²) >= 11 is 0. The average Bonchev–Trinajstić information content (AvgIpc) is 3.94. The summed E-state index contributed by atoms with van der Waals surface area (Å²) in [6.07, 6.45) is 2.69. The fraction of sp³-hybridized carbons (Fsp3) is 0.514. The van der Waals surface area contributed by atoms with E-state index in [0.29, 0.717) is 23.6 Å². The predicted octanol–water partition coefficient (Wildman–Crippen LogP) is 5.02. The summed E-state index contributed by atoms with van der Waals surface area (Å²) in [5.41, 5.74) is 0.234. The highest BCUT2D eigenvalue weighted by Crippen LogP contribution is 2.46. The van der Waals surface area contributed by atoms with Gasteiger partial charge < -0.3 is 25.0 Å². The predicted molar refractivity (Wildman–Crippen MR) is 168 cm³/mol. The van der Waals surface area contributed by atoms with Crippen LogP contribution >= 0.6 is 0 Å². The van der Waals surface area contributed by atoms with Crippen LogP contribution in [0.3, 0.4) is 0 Å². The van der Waals surface area contributed by atoms with Crippen LogP contribution < -0.4 is 10.6 Å². The Morgan fingerprint density at radius 3 is 2.38 bits per heavy atom. The van der Waals surface area contributed by atoms with Gasteiger partial charge >= 0.3 is 12.2 Å². The number of imide groups is 1. The molecular weight excluding hydrogens is 607 g/mol. The molecule has 0 aromatic heterocycles. The van der Waals surface area contributed by atoms with Crippen molar-refractivity contribution >= 4 is 35.6 Å². The van der Waals surface area contributed by atoms with Gasteiger partial charge in [-0.05, 0) is 107 Å². The SMILES string of the molecule is C[C@@H](C1CC1)N(Cc1ccc(F)cc1)C(=O)CN1C(=O)OC2(CCc3cc(NC(=O)[C@H](NC(=O)OC(C)(C)C)C4CC4)ccc32)C1=O. The molecule has 11 nitrogen and oxygen atoms in total. The van der Waals surface area contributed by atoms with E-state index in [0.717, 1.165) is 41.7 Å². The monoisotopic (exact) mass is 648 g/mol. The molecule has 47 heavy (non-hydrogen) atoms. The van der Waals surface area contributed by atoms with E-state index < -0.39 is 47.8 Å². The Morgan fingerprint density at radius 1 is 1.06 bits per heavy atom. The van der Waals surface area contributed by atoms with Crippen molar-refractivity contribution in [2.75, 3.05) is 11.9 Å². The zero-order valence-electron chi connectivity index (χ0n) is 27.1. The maximum Gasteiger partial charge on any atom is 0.418 e. The van der Waals surface area contributed by atoms with Crippen LogP contribution in [0.5, 0.6) is 0 Å². The largest absolute Gasteiger partial charge is 0.444 e. The van der Waals surface area contributed by atoms with Crippen molar-refractivity contribution in [3.8, 4) is 0 Å². The molecule has 3 fully saturated rings. The Labute approximate surface area is 273 Å². The molecule has 2 aromatic rings. The number of amides is 5. The van der Waals surface area contributed by atoms with Gasteiger partial charge in [0.05, 0.1) is 0 Å². The summed E-state index contributed by atoms with van der Waals surface area (Å²) in [5, 5.41) is 5.56. The fourth-order valence-corrected chi connectivity index (χ4v) is 6.52. The molecule has 1 heterocycles. The lowest BCUT2D eigenvalue weighted by Crippen LogP contribution is -2.47. The van der Waals surface area contributed by atoms with Gasteiger partial charge in [0.2, 0.25) is 17.4 Å². The highest BCUT2D eigenvalue weighted by atomic mass is 19.1. The molecule has 0 radical (unpaired) electrons. The van der Waals surface area contributed by atoms with Gasteiger partial charge in [0.1, 0.15) is 24.0 Å². The number of anilines is 1. The van der Waals surface area contributed by atoms with Crippen LogP contribution in [0.15, 0.2) is 42.5 Å². The number of rotatable bonds is 10. The Morgan fingerprint density at radius 2 is 1.74 bits per heavy atom. The second-order valence-corrected chi connectivity index (χ2v) is 14.1. The molecule has 1 saturated heterocycles. The van der Waals surface area contributed by atoms with Gasteiger partial charge in [-0.1, -0.05) is 18.2 Å². The van der Waals surface area contributed by atoms with E-state index in [2.05, 4.69) is 10.6 Å². The van der Waals surface area contributed by atoms with E-state index in [1.165, 1.54) is 12.1 Å². The van der Waals surface area contributed by atoms with Crippen LogP contribution in [-0.4, -0.2) is 63.9 Å². The number of ether oxygens (including phenoxy) is 2. The Bertz CT molecular complexity index is 1600. The number of carbonyl (C=O) groups is 5. The minimum atomic E-state index is -1.55. The van der Waals surface area contributed by atoms with E-state index in [-0.39, 0.29) is 36.6 Å². The molecular formula is C35H41FN4O7. The Kier molecular flexibility index (Phi) is 8.48. The van der Waals surface area contributed by atoms with Crippen molar-refractivity contribution in [1.29, 1.82) is 0 Å². The third-order valence-corrected chi connectivity index (χ3v) is 9.35. The van der Waals surface area contributed by atoms with E-state index in [9.17, 15) is 28.4 Å². The zero-order valence-corrected chi connectivity index (χ0v) is 27.1. The first-order valence-corrected chi connectivity index (χ1v) is 16.3. The standard InChI is InChI=1S/C35H41FN4O7/c1-20(22-7-8-22)39(18-21-5-11-25(36)12-6-21)28(41)19-40-31(43)35(47-33(40)45)16-15-24-17-26(13-14-27(24)35)37-30(42)29(23-9-10-23)38-32(44)46-34(2,3)4/h5-6,11-14,17,20,22-23,29H,7-10,15-16,18-19H2,1-4H3,(H,37,42)(H,38,44)/t20-,29+,35?/m0/s1. The lowest BCUT2D eigenvalue weighted by atomic mass is 9.94. The normalized spacial score (nSPS) is 21.6. The van der Waals surface area contributed by atoms with Crippen molar-refractivity contribution in [3.05, 3.63) is 65.0 Å². The van der Waals surface area contributed by atoms with E-state index in [4.69, 9.17) is 9.47 Å². The summed E-state index contributed by atoms with van der Waals surface area (Å²) in [6.45, 7) is 6.97. The summed E-state index contributed by atoms with van der Waals surface area (Å²) in [4.78, 5) is 68.7. The minimum Gasteiger partial charge on any atom is -0.444 e. The summed E-state index contributed by atoms with van der Waals surface area (Å²) in [6, 6.07) is 10.1. The number of halogens is 1. The number of hydrogen-bond donors (Lipinski definition) is 2. The molecule has 1 unspecified atom stereocenters. The number of carbonyl (C=O) groups excluding carboxylic acids is 5. The topological polar surface area (TPSA) is 134 Å². The lowest BCUT2D eigenvalue weighted by Gasteiger charge is -2.30. The molecule has 12 heteroatoms. The van der Waals surface area contributed by atoms with E-state index in [1.54, 1.807) is 56.0 Å². The molecule has 5 amide bonds. The van der Waals surface area contributed by atoms with Gasteiger partial charge in [0.25, 0.3) is 5.91 Å². The van der Waals surface area contributed by atoms with Gasteiger partial charge in [-0.2, -0.15) is 0 Å². The molecule has 1 aliphatic heterocycles. The zero-order chi connectivity index (χ0) is 33.7. The minimum absolute atomic E-state index is 0.0170. The van der Waals surface area contributed by atoms with Crippen molar-refractivity contribution in [3.63, 3.8) is 0 Å². The third kappa shape index (κ3) is 6.96. The maximum atomic E-state index is 13.9. The molecule has 2 aromatic carbocycles. The molecule has 0 bridgehead atoms. The summed E-state index contributed by atoms with van der Waals surface area (Å²) in [7, 11) is 0. The van der Waals surface area contributed by atoms with Gasteiger partial charge in [-0.25, -0.2) is 18.9 Å². The molecule has 4 aliphatic rings. The van der Waals surface area contributed by atoms with Gasteiger partial charge in [0.15, 0.2) is 0 Å². The van der Waals surface area contributed by atoms with E-state index >= 15 is 0 Å². The molecule has 2 N–H and O–H groups in total. The fourth-order valence-electron chi connectivity index (χ4n) is 6.52. The first kappa shape index (κ1) is 32.5. The van der Waals surface area contributed by atoms with Crippen LogP contribution in [-0.2, 0) is 42.4 Å². The first-order valence-electron chi connectivity index (χ1n) is 16.3. The van der Waals surface area contributed by atoms with Crippen LogP contribution in [0.4, 0.5) is 19.7 Å². The molecule has 2 saturated carbocycles. The van der Waals surface area contributed by atoms with Gasteiger partial charge in [-0.3, -0.25) is 14.4 Å². The van der Waals surface area contributed by atoms with Gasteiger partial charge in [0, 0.05) is 30.3 Å². The van der Waals surface area contributed by atoms with Crippen LogP contribution in [0.1, 0.15) is 76.5 Å². The van der Waals surface area contributed by atoms with Crippen LogP contribution in [0.2, 0.25) is 0 Å². The van der Waals surface area contributed by atoms with Gasteiger partial charge in [-0.15, -0.1) is 0 Å². The number of aryl methyl sites for hydroxylation is 1. The van der Waals surface area contributed by atoms with E-state index in [1.807, 2.05) is 6.92 Å². The molecule has 3 aliphatic carbocycles. The number of nitrogens with one attached hydrogen (secondary N) is 2. The molecule has 6 rings (SSSR count). The molecule has 3 atom stereocenters. The number of hydrogen-bond acceptors (Lipinski definition) is 7. The number of fused-ring (bicyclic) bond motifs is 2. The average molecular weight is 649 g/mol. The Hall–Kier alpha value is -4.48. The third-order valence-electron chi connectivity index (χ3n) is 9.35. The van der Waals surface area contributed by atoms with Crippen LogP contribution in [0, 0.1) is 17.7 Å². The lowest BCUT2D eigenvalue weighted by molar-refractivity contribution is -0.143. The van der Waals surface area contributed by atoms with Crippen LogP contribution in [0.25, 0.3) is 0 Å². The van der Waals surface area contributed by atoms with Crippen molar-refractivity contribution in [2.45, 2.75) is 96.1 Å². The number of nitrogens with zero attached hydrogens (tertiary/aromatic N) is 2. The molecule has 1 spiro atoms. The highest BCUT2D eigenvalue weighted by molar-refractivity contribution is 6.06. The summed E-state index contributed by atoms with van der Waals surface area (Å²) in [5.74, 6) is -1.38. The highest BCUT2D eigenvalue weighted by Gasteiger charge is 2.58. The van der Waals surface area contributed by atoms with Crippen molar-refractivity contribution < 1.29 is 37.8 Å². The smallest absolute Gasteiger partial charge is 0.418 e. The quantitative estimate of drug-likeness (QED) is 0.370. The second kappa shape index (κ2) is 12.3. The summed E-state index contributed by atoms with van der Waals surface area (Å²) < 4.78 is 24.6. The van der Waals surface area contributed by atoms with Crippen molar-refractivity contribution in [1.82, 2.24) is 15.1 Å². The van der Waals surface area contributed by atoms with Crippen molar-refractivity contribution in [2.24, 2.45) is 11.8 Å². The number of alkyl carbamates (subject to hydrolysis) is 1. The number of benzene rings is 2. The Balaban J connectivity index is 1.14.